The van der Waals surface area contributed by atoms with Crippen molar-refractivity contribution in [3.05, 3.63) is 29.8 Å². The summed E-state index contributed by atoms with van der Waals surface area (Å²) < 4.78 is 9.95. The van der Waals surface area contributed by atoms with Crippen molar-refractivity contribution >= 4 is 17.8 Å². The number of carbonyl (C=O) groups excluding carboxylic acids is 3. The number of ether oxygens (including phenoxy) is 2. The number of carbonyl (C=O) groups is 3. The minimum absolute atomic E-state index is 0.0139. The zero-order chi connectivity index (χ0) is 16.8. The molecule has 23 heavy (non-hydrogen) atoms. The molecule has 0 aliphatic heterocycles. The third-order valence-corrected chi connectivity index (χ3v) is 3.39. The van der Waals surface area contributed by atoms with E-state index in [9.17, 15) is 14.4 Å². The number of hydrogen-bond acceptors (Lipinski definition) is 5. The largest absolute Gasteiger partial charge is 0.484 e. The monoisotopic (exact) mass is 320 g/mol. The highest BCUT2D eigenvalue weighted by molar-refractivity contribution is 5.89. The Balaban J connectivity index is 1.76. The summed E-state index contributed by atoms with van der Waals surface area (Å²) in [7, 11) is 2.86. The molecule has 2 amide bonds. The van der Waals surface area contributed by atoms with Gasteiger partial charge in [0.05, 0.1) is 19.2 Å². The van der Waals surface area contributed by atoms with Crippen molar-refractivity contribution in [3.63, 3.8) is 0 Å². The molecule has 7 heteroatoms. The van der Waals surface area contributed by atoms with Crippen LogP contribution in [0.1, 0.15) is 23.2 Å². The Labute approximate surface area is 134 Å². The topological polar surface area (TPSA) is 84.9 Å². The third kappa shape index (κ3) is 5.28. The Morgan fingerprint density at radius 3 is 2.43 bits per heavy atom. The fourth-order valence-corrected chi connectivity index (χ4v) is 1.86. The van der Waals surface area contributed by atoms with Gasteiger partial charge in [-0.25, -0.2) is 4.79 Å². The van der Waals surface area contributed by atoms with E-state index in [1.54, 1.807) is 31.3 Å². The Hall–Kier alpha value is -2.57. The molecule has 0 heterocycles. The van der Waals surface area contributed by atoms with Crippen LogP contribution in [-0.2, 0) is 14.3 Å². The quantitative estimate of drug-likeness (QED) is 0.743. The lowest BCUT2D eigenvalue weighted by molar-refractivity contribution is -0.136. The first-order chi connectivity index (χ1) is 11.0. The van der Waals surface area contributed by atoms with Crippen molar-refractivity contribution in [2.45, 2.75) is 18.9 Å². The van der Waals surface area contributed by atoms with E-state index in [1.165, 1.54) is 12.0 Å². The molecule has 0 atom stereocenters. The maximum Gasteiger partial charge on any atom is 0.337 e. The highest BCUT2D eigenvalue weighted by Gasteiger charge is 2.24. The number of esters is 1. The van der Waals surface area contributed by atoms with Gasteiger partial charge in [0, 0.05) is 13.1 Å². The number of rotatable bonds is 7. The molecule has 0 saturated heterocycles. The zero-order valence-corrected chi connectivity index (χ0v) is 13.2. The molecule has 0 radical (unpaired) electrons. The van der Waals surface area contributed by atoms with Gasteiger partial charge in [0.2, 0.25) is 5.91 Å². The summed E-state index contributed by atoms with van der Waals surface area (Å²) in [5.41, 5.74) is 0.403. The normalized spacial score (nSPS) is 13.1. The summed E-state index contributed by atoms with van der Waals surface area (Å²) in [6.07, 6.45) is 2.02. The average Bonchev–Trinajstić information content (AvgIpc) is 3.35. The molecule has 1 aliphatic rings. The van der Waals surface area contributed by atoms with Crippen LogP contribution in [-0.4, -0.2) is 56.0 Å². The molecule has 1 aliphatic carbocycles. The molecule has 1 N–H and O–H groups in total. The second-order valence-electron chi connectivity index (χ2n) is 5.40. The van der Waals surface area contributed by atoms with E-state index in [4.69, 9.17) is 4.74 Å². The van der Waals surface area contributed by atoms with Crippen molar-refractivity contribution in [1.29, 1.82) is 0 Å². The van der Waals surface area contributed by atoms with Crippen molar-refractivity contribution in [1.82, 2.24) is 10.2 Å². The molecular weight excluding hydrogens is 300 g/mol. The second-order valence-corrected chi connectivity index (χ2v) is 5.40. The summed E-state index contributed by atoms with van der Waals surface area (Å²) in [4.78, 5) is 36.2. The summed E-state index contributed by atoms with van der Waals surface area (Å²) >= 11 is 0. The molecule has 2 rings (SSSR count). The Bertz CT molecular complexity index is 581. The number of amides is 2. The van der Waals surface area contributed by atoms with Gasteiger partial charge in [0.25, 0.3) is 5.91 Å². The van der Waals surface area contributed by atoms with E-state index in [1.807, 2.05) is 0 Å². The number of methoxy groups -OCH3 is 1. The molecule has 0 aromatic heterocycles. The smallest absolute Gasteiger partial charge is 0.337 e. The van der Waals surface area contributed by atoms with E-state index >= 15 is 0 Å². The molecule has 1 aromatic rings. The first kappa shape index (κ1) is 16.8. The maximum atomic E-state index is 11.9. The van der Waals surface area contributed by atoms with Crippen LogP contribution in [0.4, 0.5) is 0 Å². The number of nitrogens with one attached hydrogen (secondary N) is 1. The molecule has 1 saturated carbocycles. The van der Waals surface area contributed by atoms with Crippen molar-refractivity contribution in [2.24, 2.45) is 0 Å². The van der Waals surface area contributed by atoms with E-state index in [2.05, 4.69) is 10.1 Å². The number of likely N-dealkylation sites (N-methyl/N-ethyl adjacent to an activating group) is 1. The third-order valence-electron chi connectivity index (χ3n) is 3.39. The fourth-order valence-electron chi connectivity index (χ4n) is 1.86. The van der Waals surface area contributed by atoms with Gasteiger partial charge in [-0.1, -0.05) is 0 Å². The van der Waals surface area contributed by atoms with Crippen molar-refractivity contribution in [2.75, 3.05) is 27.3 Å². The minimum Gasteiger partial charge on any atom is -0.484 e. The molecule has 7 nitrogen and oxygen atoms in total. The van der Waals surface area contributed by atoms with Gasteiger partial charge < -0.3 is 19.7 Å². The Morgan fingerprint density at radius 1 is 1.22 bits per heavy atom. The summed E-state index contributed by atoms with van der Waals surface area (Å²) in [5, 5.41) is 2.82. The number of nitrogens with zero attached hydrogens (tertiary/aromatic N) is 1. The van der Waals surface area contributed by atoms with Crippen molar-refractivity contribution in [3.8, 4) is 5.75 Å². The lowest BCUT2D eigenvalue weighted by Crippen LogP contribution is -2.40. The van der Waals surface area contributed by atoms with Crippen LogP contribution in [0.15, 0.2) is 24.3 Å². The minimum atomic E-state index is -0.436. The molecule has 0 bridgehead atoms. The van der Waals surface area contributed by atoms with Gasteiger partial charge in [0.15, 0.2) is 6.61 Å². The first-order valence-electron chi connectivity index (χ1n) is 7.34. The fraction of sp³-hybridized carbons (Fsp3) is 0.438. The predicted molar refractivity (Wildman–Crippen MR) is 82.1 cm³/mol. The van der Waals surface area contributed by atoms with Crippen molar-refractivity contribution < 1.29 is 23.9 Å². The molecule has 124 valence electrons. The number of benzene rings is 1. The van der Waals surface area contributed by atoms with Crippen LogP contribution in [0, 0.1) is 0 Å². The van der Waals surface area contributed by atoms with Crippen LogP contribution in [0.5, 0.6) is 5.75 Å². The SMILES string of the molecule is COC(=O)c1ccc(OCC(=O)N(C)CC(=O)NC2CC2)cc1. The summed E-state index contributed by atoms with van der Waals surface area (Å²) in [6, 6.07) is 6.55. The van der Waals surface area contributed by atoms with Crippen LogP contribution in [0.25, 0.3) is 0 Å². The maximum absolute atomic E-state index is 11.9. The van der Waals surface area contributed by atoms with Gasteiger partial charge >= 0.3 is 5.97 Å². The highest BCUT2D eigenvalue weighted by atomic mass is 16.5. The van der Waals surface area contributed by atoms with E-state index in [0.29, 0.717) is 11.3 Å². The van der Waals surface area contributed by atoms with Crippen LogP contribution < -0.4 is 10.1 Å². The standard InChI is InChI=1S/C16H20N2O5/c1-18(9-14(19)17-12-5-6-12)15(20)10-23-13-7-3-11(4-8-13)16(21)22-2/h3-4,7-8,12H,5-6,9-10H2,1-2H3,(H,17,19). The average molecular weight is 320 g/mol. The molecule has 0 spiro atoms. The summed E-state index contributed by atoms with van der Waals surface area (Å²) in [5.74, 6) is -0.436. The highest BCUT2D eigenvalue weighted by Crippen LogP contribution is 2.18. The molecule has 1 fully saturated rings. The van der Waals surface area contributed by atoms with Crippen LogP contribution >= 0.6 is 0 Å². The van der Waals surface area contributed by atoms with Gasteiger partial charge in [-0.2, -0.15) is 0 Å². The Morgan fingerprint density at radius 2 is 1.87 bits per heavy atom. The Kier molecular flexibility index (Phi) is 5.56. The zero-order valence-electron chi connectivity index (χ0n) is 13.2. The lowest BCUT2D eigenvalue weighted by atomic mass is 10.2. The number of hydrogen-bond donors (Lipinski definition) is 1. The van der Waals surface area contributed by atoms with E-state index in [-0.39, 0.29) is 31.0 Å². The van der Waals surface area contributed by atoms with Gasteiger partial charge in [-0.3, -0.25) is 9.59 Å². The molecule has 1 aromatic carbocycles. The molecular formula is C16H20N2O5. The van der Waals surface area contributed by atoms with Crippen LogP contribution in [0.2, 0.25) is 0 Å². The predicted octanol–water partition coefficient (Wildman–Crippen LogP) is 0.589. The van der Waals surface area contributed by atoms with Crippen LogP contribution in [0.3, 0.4) is 0 Å². The van der Waals surface area contributed by atoms with E-state index in [0.717, 1.165) is 12.8 Å². The molecule has 0 unspecified atom stereocenters. The van der Waals surface area contributed by atoms with Gasteiger partial charge in [0.1, 0.15) is 5.75 Å². The van der Waals surface area contributed by atoms with E-state index < -0.39 is 5.97 Å². The second kappa shape index (κ2) is 7.62. The van der Waals surface area contributed by atoms with Gasteiger partial charge in [-0.05, 0) is 37.1 Å². The first-order valence-corrected chi connectivity index (χ1v) is 7.34. The lowest BCUT2D eigenvalue weighted by Gasteiger charge is -2.17. The summed E-state index contributed by atoms with van der Waals surface area (Å²) in [6.45, 7) is -0.162. The van der Waals surface area contributed by atoms with Gasteiger partial charge in [-0.15, -0.1) is 0 Å².